The molecule has 1 amide bonds. The van der Waals surface area contributed by atoms with Crippen molar-refractivity contribution in [2.45, 2.75) is 62.6 Å². The van der Waals surface area contributed by atoms with E-state index < -0.39 is 40.0 Å². The van der Waals surface area contributed by atoms with Crippen molar-refractivity contribution in [2.75, 3.05) is 13.1 Å². The Morgan fingerprint density at radius 3 is 2.21 bits per heavy atom. The number of aryl methyl sites for hydroxylation is 1. The zero-order valence-electron chi connectivity index (χ0n) is 16.4. The van der Waals surface area contributed by atoms with Crippen LogP contribution in [0.25, 0.3) is 0 Å². The van der Waals surface area contributed by atoms with E-state index in [-0.39, 0.29) is 24.4 Å². The van der Waals surface area contributed by atoms with Crippen LogP contribution in [0.15, 0.2) is 29.2 Å². The van der Waals surface area contributed by atoms with Gasteiger partial charge in [0.25, 0.3) is 0 Å². The Bertz CT molecular complexity index is 816. The topological polar surface area (TPSA) is 66.5 Å². The molecule has 5 nitrogen and oxygen atoms in total. The molecule has 0 aromatic heterocycles. The number of benzene rings is 1. The fourth-order valence-electron chi connectivity index (χ4n) is 4.21. The van der Waals surface area contributed by atoms with E-state index in [0.29, 0.717) is 32.1 Å². The normalized spacial score (nSPS) is 25.0. The van der Waals surface area contributed by atoms with E-state index in [1.807, 2.05) is 6.92 Å². The van der Waals surface area contributed by atoms with Gasteiger partial charge in [-0.1, -0.05) is 30.5 Å². The zero-order valence-corrected chi connectivity index (χ0v) is 17.2. The molecule has 1 aliphatic heterocycles. The molecule has 2 unspecified atom stereocenters. The molecule has 1 aromatic rings. The van der Waals surface area contributed by atoms with Crippen molar-refractivity contribution >= 4 is 15.9 Å². The standard InChI is InChI=1S/C20H27F3N2O3S/c1-14-6-8-16(9-7-14)29(27,28)25-12-10-15(11-13-25)19(26)24-18-5-3-2-4-17(18)20(21,22)23/h6-9,15,17-18H,2-5,10-13H2,1H3,(H,24,26). The van der Waals surface area contributed by atoms with Crippen LogP contribution in [0.3, 0.4) is 0 Å². The van der Waals surface area contributed by atoms with Crippen LogP contribution in [0.1, 0.15) is 44.1 Å². The highest BCUT2D eigenvalue weighted by atomic mass is 32.2. The lowest BCUT2D eigenvalue weighted by molar-refractivity contribution is -0.189. The Kier molecular flexibility index (Phi) is 6.57. The van der Waals surface area contributed by atoms with E-state index in [2.05, 4.69) is 5.32 Å². The maximum atomic E-state index is 13.2. The Labute approximate surface area is 169 Å². The van der Waals surface area contributed by atoms with Gasteiger partial charge in [0.05, 0.1) is 10.8 Å². The summed E-state index contributed by atoms with van der Waals surface area (Å²) in [5.74, 6) is -2.35. The van der Waals surface area contributed by atoms with Crippen LogP contribution >= 0.6 is 0 Å². The summed E-state index contributed by atoms with van der Waals surface area (Å²) in [6.45, 7) is 2.24. The number of carbonyl (C=O) groups is 1. The zero-order chi connectivity index (χ0) is 21.2. The van der Waals surface area contributed by atoms with E-state index in [9.17, 15) is 26.4 Å². The lowest BCUT2D eigenvalue weighted by Crippen LogP contribution is -2.51. The van der Waals surface area contributed by atoms with Crippen molar-refractivity contribution < 1.29 is 26.4 Å². The summed E-state index contributed by atoms with van der Waals surface area (Å²) >= 11 is 0. The summed E-state index contributed by atoms with van der Waals surface area (Å²) in [6, 6.07) is 5.70. The SMILES string of the molecule is Cc1ccc(S(=O)(=O)N2CCC(C(=O)NC3CCCCC3C(F)(F)F)CC2)cc1. The van der Waals surface area contributed by atoms with Gasteiger partial charge in [-0.25, -0.2) is 8.42 Å². The Morgan fingerprint density at radius 2 is 1.62 bits per heavy atom. The summed E-state index contributed by atoms with van der Waals surface area (Å²) < 4.78 is 66.5. The van der Waals surface area contributed by atoms with E-state index in [1.165, 1.54) is 4.31 Å². The number of halogens is 3. The molecule has 162 valence electrons. The highest BCUT2D eigenvalue weighted by Crippen LogP contribution is 2.38. The minimum Gasteiger partial charge on any atom is -0.353 e. The number of sulfonamides is 1. The second kappa shape index (κ2) is 8.63. The van der Waals surface area contributed by atoms with Crippen LogP contribution in [0.2, 0.25) is 0 Å². The van der Waals surface area contributed by atoms with Gasteiger partial charge in [-0.15, -0.1) is 0 Å². The second-order valence-corrected chi connectivity index (χ2v) is 9.98. The van der Waals surface area contributed by atoms with Crippen molar-refractivity contribution in [2.24, 2.45) is 11.8 Å². The summed E-state index contributed by atoms with van der Waals surface area (Å²) in [4.78, 5) is 12.8. The van der Waals surface area contributed by atoms with Crippen molar-refractivity contribution in [1.29, 1.82) is 0 Å². The smallest absolute Gasteiger partial charge is 0.353 e. The van der Waals surface area contributed by atoms with Gasteiger partial charge in [-0.05, 0) is 44.7 Å². The van der Waals surface area contributed by atoms with Crippen LogP contribution in [-0.2, 0) is 14.8 Å². The highest BCUT2D eigenvalue weighted by Gasteiger charge is 2.46. The summed E-state index contributed by atoms with van der Waals surface area (Å²) in [5, 5.41) is 2.61. The molecule has 0 radical (unpaired) electrons. The van der Waals surface area contributed by atoms with Crippen molar-refractivity contribution in [3.8, 4) is 0 Å². The average Bonchev–Trinajstić information content (AvgIpc) is 2.68. The molecule has 2 atom stereocenters. The van der Waals surface area contributed by atoms with E-state index in [4.69, 9.17) is 0 Å². The minimum atomic E-state index is -4.32. The Morgan fingerprint density at radius 1 is 1.03 bits per heavy atom. The van der Waals surface area contributed by atoms with Crippen molar-refractivity contribution in [1.82, 2.24) is 9.62 Å². The van der Waals surface area contributed by atoms with Crippen LogP contribution in [-0.4, -0.2) is 43.9 Å². The number of carbonyl (C=O) groups excluding carboxylic acids is 1. The van der Waals surface area contributed by atoms with Crippen molar-refractivity contribution in [3.05, 3.63) is 29.8 Å². The van der Waals surface area contributed by atoms with Gasteiger partial charge in [0, 0.05) is 25.0 Å². The minimum absolute atomic E-state index is 0.0433. The first-order valence-electron chi connectivity index (χ1n) is 10.0. The predicted molar refractivity (Wildman–Crippen MR) is 103 cm³/mol. The van der Waals surface area contributed by atoms with Gasteiger partial charge in [0.2, 0.25) is 15.9 Å². The summed E-state index contributed by atoms with van der Waals surface area (Å²) in [6.07, 6.45) is -2.14. The maximum Gasteiger partial charge on any atom is 0.393 e. The molecular formula is C20H27F3N2O3S. The number of piperidine rings is 1. The van der Waals surface area contributed by atoms with Gasteiger partial charge < -0.3 is 5.32 Å². The molecular weight excluding hydrogens is 405 g/mol. The lowest BCUT2D eigenvalue weighted by Gasteiger charge is -2.36. The number of rotatable bonds is 4. The predicted octanol–water partition coefficient (Wildman–Crippen LogP) is 3.63. The average molecular weight is 433 g/mol. The number of amides is 1. The molecule has 1 heterocycles. The number of nitrogens with zero attached hydrogens (tertiary/aromatic N) is 1. The van der Waals surface area contributed by atoms with Gasteiger partial charge in [0.1, 0.15) is 0 Å². The molecule has 2 fully saturated rings. The molecule has 1 saturated carbocycles. The molecule has 0 spiro atoms. The van der Waals surface area contributed by atoms with E-state index >= 15 is 0 Å². The highest BCUT2D eigenvalue weighted by molar-refractivity contribution is 7.89. The molecule has 1 N–H and O–H groups in total. The van der Waals surface area contributed by atoms with Gasteiger partial charge >= 0.3 is 6.18 Å². The van der Waals surface area contributed by atoms with Gasteiger partial charge in [-0.2, -0.15) is 17.5 Å². The van der Waals surface area contributed by atoms with Crippen molar-refractivity contribution in [3.63, 3.8) is 0 Å². The number of nitrogens with one attached hydrogen (secondary N) is 1. The third-order valence-corrected chi connectivity index (χ3v) is 7.91. The molecule has 3 rings (SSSR count). The van der Waals surface area contributed by atoms with Crippen LogP contribution in [0.4, 0.5) is 13.2 Å². The van der Waals surface area contributed by atoms with Crippen LogP contribution in [0, 0.1) is 18.8 Å². The fraction of sp³-hybridized carbons (Fsp3) is 0.650. The van der Waals surface area contributed by atoms with Crippen LogP contribution < -0.4 is 5.32 Å². The fourth-order valence-corrected chi connectivity index (χ4v) is 5.68. The first-order valence-corrected chi connectivity index (χ1v) is 11.5. The third kappa shape index (κ3) is 5.12. The molecule has 2 aliphatic rings. The summed E-state index contributed by atoms with van der Waals surface area (Å²) in [7, 11) is -3.63. The number of hydrogen-bond donors (Lipinski definition) is 1. The molecule has 1 aromatic carbocycles. The second-order valence-electron chi connectivity index (χ2n) is 8.04. The maximum absolute atomic E-state index is 13.2. The lowest BCUT2D eigenvalue weighted by atomic mass is 9.83. The van der Waals surface area contributed by atoms with E-state index in [0.717, 1.165) is 5.56 Å². The number of alkyl halides is 3. The Hall–Kier alpha value is -1.61. The van der Waals surface area contributed by atoms with Gasteiger partial charge in [0.15, 0.2) is 0 Å². The van der Waals surface area contributed by atoms with Gasteiger partial charge in [-0.3, -0.25) is 4.79 Å². The number of hydrogen-bond acceptors (Lipinski definition) is 3. The van der Waals surface area contributed by atoms with E-state index in [1.54, 1.807) is 24.3 Å². The monoisotopic (exact) mass is 432 g/mol. The molecule has 9 heteroatoms. The molecule has 29 heavy (non-hydrogen) atoms. The Balaban J connectivity index is 1.58. The molecule has 0 bridgehead atoms. The quantitative estimate of drug-likeness (QED) is 0.790. The first-order chi connectivity index (χ1) is 13.6. The van der Waals surface area contributed by atoms with Crippen LogP contribution in [0.5, 0.6) is 0 Å². The summed E-state index contributed by atoms with van der Waals surface area (Å²) in [5.41, 5.74) is 0.958. The first kappa shape index (κ1) is 22.1. The largest absolute Gasteiger partial charge is 0.393 e. The molecule has 1 aliphatic carbocycles. The third-order valence-electron chi connectivity index (χ3n) is 6.00. The molecule has 1 saturated heterocycles.